The molecule has 1 aliphatic carbocycles. The predicted octanol–water partition coefficient (Wildman–Crippen LogP) is -0.229. The Labute approximate surface area is 109 Å². The third kappa shape index (κ3) is 2.09. The molecule has 0 aromatic heterocycles. The van der Waals surface area contributed by atoms with Gasteiger partial charge in [-0.2, -0.15) is 0 Å². The van der Waals surface area contributed by atoms with E-state index < -0.39 is 10.0 Å². The van der Waals surface area contributed by atoms with Gasteiger partial charge in [-0.3, -0.25) is 0 Å². The second-order valence-electron chi connectivity index (χ2n) is 5.90. The van der Waals surface area contributed by atoms with Crippen LogP contribution in [0.25, 0.3) is 0 Å². The molecule has 3 rings (SSSR count). The van der Waals surface area contributed by atoms with E-state index in [9.17, 15) is 13.5 Å². The first kappa shape index (κ1) is 12.8. The van der Waals surface area contributed by atoms with E-state index in [1.165, 1.54) is 0 Å². The Hall–Kier alpha value is -0.170. The van der Waals surface area contributed by atoms with Crippen molar-refractivity contribution in [2.24, 2.45) is 11.8 Å². The SMILES string of the molecule is O=S(=O)(C1CCCNC1)N1CC2CCC(O)C2C1. The van der Waals surface area contributed by atoms with Gasteiger partial charge in [0, 0.05) is 25.6 Å². The summed E-state index contributed by atoms with van der Waals surface area (Å²) < 4.78 is 26.7. The van der Waals surface area contributed by atoms with Gasteiger partial charge in [0.05, 0.1) is 11.4 Å². The van der Waals surface area contributed by atoms with Gasteiger partial charge in [0.1, 0.15) is 0 Å². The van der Waals surface area contributed by atoms with Crippen LogP contribution in [-0.4, -0.2) is 55.4 Å². The first-order valence-electron chi connectivity index (χ1n) is 6.97. The van der Waals surface area contributed by atoms with Gasteiger partial charge in [0.25, 0.3) is 0 Å². The van der Waals surface area contributed by atoms with E-state index in [1.807, 2.05) is 0 Å². The second-order valence-corrected chi connectivity index (χ2v) is 8.11. The molecule has 0 aromatic rings. The van der Waals surface area contributed by atoms with Gasteiger partial charge >= 0.3 is 0 Å². The topological polar surface area (TPSA) is 69.6 Å². The first-order chi connectivity index (χ1) is 8.59. The molecule has 4 atom stereocenters. The molecule has 0 bridgehead atoms. The highest BCUT2D eigenvalue weighted by atomic mass is 32.2. The van der Waals surface area contributed by atoms with Crippen molar-refractivity contribution in [3.05, 3.63) is 0 Å². The molecule has 0 amide bonds. The number of hydrogen-bond donors (Lipinski definition) is 2. The number of piperidine rings is 1. The van der Waals surface area contributed by atoms with Crippen LogP contribution in [0.15, 0.2) is 0 Å². The van der Waals surface area contributed by atoms with Crippen LogP contribution in [0.2, 0.25) is 0 Å². The van der Waals surface area contributed by atoms with Crippen molar-refractivity contribution in [3.63, 3.8) is 0 Å². The molecule has 1 saturated carbocycles. The molecule has 0 radical (unpaired) electrons. The lowest BCUT2D eigenvalue weighted by molar-refractivity contribution is 0.129. The van der Waals surface area contributed by atoms with Crippen LogP contribution in [-0.2, 0) is 10.0 Å². The fraction of sp³-hybridized carbons (Fsp3) is 1.00. The van der Waals surface area contributed by atoms with Crippen LogP contribution in [0.1, 0.15) is 25.7 Å². The zero-order chi connectivity index (χ0) is 12.8. The minimum Gasteiger partial charge on any atom is -0.393 e. The first-order valence-corrected chi connectivity index (χ1v) is 8.47. The van der Waals surface area contributed by atoms with E-state index in [0.29, 0.717) is 25.6 Å². The predicted molar refractivity (Wildman–Crippen MR) is 68.6 cm³/mol. The summed E-state index contributed by atoms with van der Waals surface area (Å²) >= 11 is 0. The standard InChI is InChI=1S/C12H22N2O3S/c15-12-4-3-9-7-14(8-11(9)12)18(16,17)10-2-1-5-13-6-10/h9-13,15H,1-8H2. The molecule has 0 aromatic carbocycles. The smallest absolute Gasteiger partial charge is 0.218 e. The number of rotatable bonds is 2. The van der Waals surface area contributed by atoms with Crippen LogP contribution < -0.4 is 5.32 Å². The van der Waals surface area contributed by atoms with Crippen molar-refractivity contribution in [1.82, 2.24) is 9.62 Å². The molecule has 6 heteroatoms. The Morgan fingerprint density at radius 1 is 1.17 bits per heavy atom. The molecule has 2 N–H and O–H groups in total. The summed E-state index contributed by atoms with van der Waals surface area (Å²) in [4.78, 5) is 0. The van der Waals surface area contributed by atoms with Gasteiger partial charge < -0.3 is 10.4 Å². The van der Waals surface area contributed by atoms with Crippen LogP contribution in [0.3, 0.4) is 0 Å². The molecule has 2 aliphatic heterocycles. The molecule has 3 aliphatic rings. The average molecular weight is 274 g/mol. The van der Waals surface area contributed by atoms with Gasteiger partial charge in [-0.05, 0) is 38.1 Å². The third-order valence-electron chi connectivity index (χ3n) is 4.82. The van der Waals surface area contributed by atoms with Crippen molar-refractivity contribution in [3.8, 4) is 0 Å². The average Bonchev–Trinajstić information content (AvgIpc) is 2.94. The number of hydrogen-bond acceptors (Lipinski definition) is 4. The van der Waals surface area contributed by atoms with Gasteiger partial charge in [-0.15, -0.1) is 0 Å². The van der Waals surface area contributed by atoms with Crippen LogP contribution >= 0.6 is 0 Å². The number of nitrogens with zero attached hydrogens (tertiary/aromatic N) is 1. The van der Waals surface area contributed by atoms with E-state index in [2.05, 4.69) is 5.32 Å². The Kier molecular flexibility index (Phi) is 3.38. The van der Waals surface area contributed by atoms with Gasteiger partial charge in [0.15, 0.2) is 0 Å². The van der Waals surface area contributed by atoms with Gasteiger partial charge in [0.2, 0.25) is 10.0 Å². The van der Waals surface area contributed by atoms with Gasteiger partial charge in [-0.25, -0.2) is 12.7 Å². The molecule has 104 valence electrons. The molecule has 2 heterocycles. The van der Waals surface area contributed by atoms with Crippen molar-refractivity contribution in [1.29, 1.82) is 0 Å². The Morgan fingerprint density at radius 2 is 2.00 bits per heavy atom. The minimum atomic E-state index is -3.17. The molecule has 3 fully saturated rings. The molecule has 18 heavy (non-hydrogen) atoms. The van der Waals surface area contributed by atoms with E-state index in [-0.39, 0.29) is 17.3 Å². The zero-order valence-corrected chi connectivity index (χ0v) is 11.4. The fourth-order valence-electron chi connectivity index (χ4n) is 3.69. The lowest BCUT2D eigenvalue weighted by Crippen LogP contribution is -2.46. The second kappa shape index (κ2) is 4.74. The highest BCUT2D eigenvalue weighted by molar-refractivity contribution is 7.89. The molecular formula is C12H22N2O3S. The van der Waals surface area contributed by atoms with E-state index in [0.717, 1.165) is 32.2 Å². The highest BCUT2D eigenvalue weighted by Crippen LogP contribution is 2.39. The lowest BCUT2D eigenvalue weighted by atomic mass is 10.00. The monoisotopic (exact) mass is 274 g/mol. The maximum atomic E-state index is 12.5. The van der Waals surface area contributed by atoms with Crippen molar-refractivity contribution in [2.75, 3.05) is 26.2 Å². The lowest BCUT2D eigenvalue weighted by Gasteiger charge is -2.28. The van der Waals surface area contributed by atoms with Crippen LogP contribution in [0.4, 0.5) is 0 Å². The highest BCUT2D eigenvalue weighted by Gasteiger charge is 2.47. The van der Waals surface area contributed by atoms with Crippen LogP contribution in [0.5, 0.6) is 0 Å². The van der Waals surface area contributed by atoms with Crippen molar-refractivity contribution in [2.45, 2.75) is 37.0 Å². The summed E-state index contributed by atoms with van der Waals surface area (Å²) in [5.74, 6) is 0.558. The number of aliphatic hydroxyl groups is 1. The Balaban J connectivity index is 1.71. The Bertz CT molecular complexity index is 406. The molecule has 0 spiro atoms. The van der Waals surface area contributed by atoms with E-state index in [4.69, 9.17) is 0 Å². The molecule has 4 unspecified atom stereocenters. The quantitative estimate of drug-likeness (QED) is 0.730. The number of sulfonamides is 1. The molecular weight excluding hydrogens is 252 g/mol. The Morgan fingerprint density at radius 3 is 2.67 bits per heavy atom. The zero-order valence-electron chi connectivity index (χ0n) is 10.6. The number of aliphatic hydroxyl groups excluding tert-OH is 1. The molecule has 5 nitrogen and oxygen atoms in total. The van der Waals surface area contributed by atoms with E-state index in [1.54, 1.807) is 4.31 Å². The summed E-state index contributed by atoms with van der Waals surface area (Å²) in [6.45, 7) is 2.66. The van der Waals surface area contributed by atoms with Crippen molar-refractivity contribution >= 4 is 10.0 Å². The third-order valence-corrected chi connectivity index (χ3v) is 7.08. The summed E-state index contributed by atoms with van der Waals surface area (Å²) in [6.07, 6.45) is 3.23. The van der Waals surface area contributed by atoms with E-state index >= 15 is 0 Å². The maximum Gasteiger partial charge on any atom is 0.218 e. The molecule has 2 saturated heterocycles. The maximum absolute atomic E-state index is 12.5. The number of nitrogens with one attached hydrogen (secondary N) is 1. The van der Waals surface area contributed by atoms with Crippen molar-refractivity contribution < 1.29 is 13.5 Å². The summed E-state index contributed by atoms with van der Waals surface area (Å²) in [5.41, 5.74) is 0. The fourth-order valence-corrected chi connectivity index (χ4v) is 5.68. The largest absolute Gasteiger partial charge is 0.393 e. The summed E-state index contributed by atoms with van der Waals surface area (Å²) in [7, 11) is -3.17. The normalized spacial score (nSPS) is 42.1. The van der Waals surface area contributed by atoms with Crippen LogP contribution in [0, 0.1) is 11.8 Å². The minimum absolute atomic E-state index is 0.177. The summed E-state index contributed by atoms with van der Waals surface area (Å²) in [5, 5.41) is 12.8. The number of fused-ring (bicyclic) bond motifs is 1. The summed E-state index contributed by atoms with van der Waals surface area (Å²) in [6, 6.07) is 0. The van der Waals surface area contributed by atoms with Gasteiger partial charge in [-0.1, -0.05) is 0 Å².